The Bertz CT molecular complexity index is 1070. The van der Waals surface area contributed by atoms with E-state index in [4.69, 9.17) is 12.6 Å². The molecule has 0 bridgehead atoms. The fourth-order valence-corrected chi connectivity index (χ4v) is 4.27. The number of benzene rings is 1. The first kappa shape index (κ1) is 18.0. The molecule has 0 unspecified atom stereocenters. The minimum atomic E-state index is 0.520. The summed E-state index contributed by atoms with van der Waals surface area (Å²) >= 11 is 6.55. The molecular formula is C17H18N8S2. The molecule has 8 nitrogen and oxygen atoms in total. The molecule has 2 N–H and O–H groups in total. The number of thiol groups is 1. The highest BCUT2D eigenvalue weighted by molar-refractivity contribution is 7.99. The fraction of sp³-hybridized carbons (Fsp3) is 0.235. The number of fused-ring (bicyclic) bond motifs is 1. The Kier molecular flexibility index (Phi) is 5.10. The molecule has 27 heavy (non-hydrogen) atoms. The third kappa shape index (κ3) is 3.43. The summed E-state index contributed by atoms with van der Waals surface area (Å²) in [4.78, 5) is 1.93. The minimum Gasteiger partial charge on any atom is -0.319 e. The van der Waals surface area contributed by atoms with Crippen molar-refractivity contribution in [2.24, 2.45) is 0 Å². The van der Waals surface area contributed by atoms with Gasteiger partial charge >= 0.3 is 0 Å². The molecule has 4 rings (SSSR count). The Morgan fingerprint density at radius 3 is 2.85 bits per heavy atom. The lowest BCUT2D eigenvalue weighted by atomic mass is 10.0. The average molecular weight is 399 g/mol. The number of tetrazole rings is 1. The van der Waals surface area contributed by atoms with Crippen molar-refractivity contribution in [3.05, 3.63) is 36.3 Å². The van der Waals surface area contributed by atoms with Gasteiger partial charge in [-0.05, 0) is 48.5 Å². The van der Waals surface area contributed by atoms with E-state index in [1.165, 1.54) is 0 Å². The lowest BCUT2D eigenvalue weighted by Gasteiger charge is -2.14. The monoisotopic (exact) mass is 398 g/mol. The maximum Gasteiger partial charge on any atom is 0.206 e. The molecule has 3 heterocycles. The van der Waals surface area contributed by atoms with Gasteiger partial charge in [-0.3, -0.25) is 4.40 Å². The summed E-state index contributed by atoms with van der Waals surface area (Å²) in [5.41, 5.74) is 3.65. The molecule has 0 saturated carbocycles. The first-order valence-corrected chi connectivity index (χ1v) is 9.81. The van der Waals surface area contributed by atoms with Gasteiger partial charge in [0.2, 0.25) is 5.82 Å². The molecule has 0 amide bonds. The SMILES string of the molecule is CNCCSc1ccc(-c2ccc3nnc(C)n3c2)c(-c2nn[nH]n2)c1S. The van der Waals surface area contributed by atoms with Gasteiger partial charge in [-0.2, -0.15) is 5.21 Å². The predicted molar refractivity (Wildman–Crippen MR) is 108 cm³/mol. The number of hydrogen-bond donors (Lipinski definition) is 3. The van der Waals surface area contributed by atoms with Crippen LogP contribution in [0, 0.1) is 6.92 Å². The normalized spacial score (nSPS) is 11.4. The third-order valence-electron chi connectivity index (χ3n) is 4.20. The predicted octanol–water partition coefficient (Wildman–Crippen LogP) is 2.49. The van der Waals surface area contributed by atoms with Gasteiger partial charge < -0.3 is 5.32 Å². The molecule has 1 aromatic carbocycles. The number of nitrogens with one attached hydrogen (secondary N) is 2. The summed E-state index contributed by atoms with van der Waals surface area (Å²) in [7, 11) is 1.94. The van der Waals surface area contributed by atoms with E-state index in [1.807, 2.05) is 36.7 Å². The van der Waals surface area contributed by atoms with E-state index < -0.39 is 0 Å². The maximum absolute atomic E-state index is 4.81. The van der Waals surface area contributed by atoms with Crippen LogP contribution in [0.4, 0.5) is 0 Å². The molecule has 0 spiro atoms. The average Bonchev–Trinajstić information content (AvgIpc) is 3.33. The lowest BCUT2D eigenvalue weighted by Crippen LogP contribution is -2.09. The van der Waals surface area contributed by atoms with Crippen LogP contribution in [-0.2, 0) is 0 Å². The zero-order valence-corrected chi connectivity index (χ0v) is 16.6. The molecule has 0 aliphatic rings. The standard InChI is InChI=1S/C17H18N8S2/c1-10-19-20-14-6-3-11(9-25(10)14)12-4-5-13(27-8-7-18-2)16(26)15(12)17-21-23-24-22-17/h3-6,9,18,26H,7-8H2,1-2H3,(H,21,22,23,24). The van der Waals surface area contributed by atoms with E-state index in [0.717, 1.165) is 50.3 Å². The van der Waals surface area contributed by atoms with Crippen LogP contribution in [0.2, 0.25) is 0 Å². The van der Waals surface area contributed by atoms with Gasteiger partial charge in [0.1, 0.15) is 5.82 Å². The topological polar surface area (TPSA) is 96.7 Å². The Balaban J connectivity index is 1.86. The minimum absolute atomic E-state index is 0.520. The zero-order chi connectivity index (χ0) is 18.8. The number of aromatic amines is 1. The van der Waals surface area contributed by atoms with Crippen LogP contribution in [0.5, 0.6) is 0 Å². The number of aryl methyl sites for hydroxylation is 1. The molecule has 0 fully saturated rings. The van der Waals surface area contributed by atoms with Gasteiger partial charge in [-0.1, -0.05) is 6.07 Å². The van der Waals surface area contributed by atoms with E-state index in [-0.39, 0.29) is 0 Å². The van der Waals surface area contributed by atoms with Gasteiger partial charge in [0.25, 0.3) is 0 Å². The van der Waals surface area contributed by atoms with Crippen molar-refractivity contribution in [3.63, 3.8) is 0 Å². The molecule has 10 heteroatoms. The van der Waals surface area contributed by atoms with Crippen LogP contribution < -0.4 is 5.32 Å². The van der Waals surface area contributed by atoms with E-state index in [0.29, 0.717) is 5.82 Å². The van der Waals surface area contributed by atoms with Gasteiger partial charge in [0.15, 0.2) is 5.65 Å². The Hall–Kier alpha value is -2.43. The second kappa shape index (κ2) is 7.67. The van der Waals surface area contributed by atoms with E-state index >= 15 is 0 Å². The third-order valence-corrected chi connectivity index (χ3v) is 5.88. The van der Waals surface area contributed by atoms with Crippen LogP contribution in [0.15, 0.2) is 40.3 Å². The van der Waals surface area contributed by atoms with Crippen molar-refractivity contribution >= 4 is 30.0 Å². The highest BCUT2D eigenvalue weighted by Gasteiger charge is 2.18. The number of hydrogen-bond acceptors (Lipinski definition) is 8. The largest absolute Gasteiger partial charge is 0.319 e. The second-order valence-electron chi connectivity index (χ2n) is 5.92. The molecule has 0 radical (unpaired) electrons. The van der Waals surface area contributed by atoms with Gasteiger partial charge in [0, 0.05) is 33.8 Å². The van der Waals surface area contributed by atoms with Crippen LogP contribution in [0.1, 0.15) is 5.82 Å². The maximum atomic E-state index is 4.81. The van der Waals surface area contributed by atoms with E-state index in [1.54, 1.807) is 11.8 Å². The molecule has 3 aromatic heterocycles. The summed E-state index contributed by atoms with van der Waals surface area (Å²) < 4.78 is 1.96. The summed E-state index contributed by atoms with van der Waals surface area (Å²) in [6.45, 7) is 2.84. The van der Waals surface area contributed by atoms with Gasteiger partial charge in [0.05, 0.1) is 0 Å². The van der Waals surface area contributed by atoms with Crippen molar-refractivity contribution in [2.45, 2.75) is 16.7 Å². The number of pyridine rings is 1. The van der Waals surface area contributed by atoms with Crippen LogP contribution in [-0.4, -0.2) is 54.6 Å². The quantitative estimate of drug-likeness (QED) is 0.261. The van der Waals surface area contributed by atoms with Crippen LogP contribution >= 0.6 is 24.4 Å². The van der Waals surface area contributed by atoms with Crippen LogP contribution in [0.3, 0.4) is 0 Å². The number of H-pyrrole nitrogens is 1. The molecule has 0 aliphatic heterocycles. The molecule has 138 valence electrons. The smallest absolute Gasteiger partial charge is 0.206 e. The highest BCUT2D eigenvalue weighted by atomic mass is 32.2. The molecule has 0 saturated heterocycles. The first-order chi connectivity index (χ1) is 13.2. The number of nitrogens with zero attached hydrogens (tertiary/aromatic N) is 6. The molecular weight excluding hydrogens is 380 g/mol. The number of aromatic nitrogens is 7. The number of thioether (sulfide) groups is 1. The molecule has 0 aliphatic carbocycles. The zero-order valence-electron chi connectivity index (χ0n) is 14.8. The first-order valence-electron chi connectivity index (χ1n) is 8.38. The highest BCUT2D eigenvalue weighted by Crippen LogP contribution is 2.40. The van der Waals surface area contributed by atoms with E-state index in [2.05, 4.69) is 48.3 Å². The van der Waals surface area contributed by atoms with Crippen molar-refractivity contribution in [1.29, 1.82) is 0 Å². The van der Waals surface area contributed by atoms with Crippen molar-refractivity contribution in [3.8, 4) is 22.5 Å². The van der Waals surface area contributed by atoms with Crippen molar-refractivity contribution in [1.82, 2.24) is 40.5 Å². The fourth-order valence-electron chi connectivity index (χ4n) is 2.85. The molecule has 0 atom stereocenters. The Morgan fingerprint density at radius 1 is 1.19 bits per heavy atom. The van der Waals surface area contributed by atoms with Crippen molar-refractivity contribution in [2.75, 3.05) is 19.3 Å². The second-order valence-corrected chi connectivity index (χ2v) is 7.50. The number of rotatable bonds is 6. The van der Waals surface area contributed by atoms with Gasteiger partial charge in [-0.15, -0.1) is 44.8 Å². The summed E-state index contributed by atoms with van der Waals surface area (Å²) in [5.74, 6) is 2.30. The lowest BCUT2D eigenvalue weighted by molar-refractivity contribution is 0.871. The van der Waals surface area contributed by atoms with E-state index in [9.17, 15) is 0 Å². The Morgan fingerprint density at radius 2 is 2.07 bits per heavy atom. The Labute approximate surface area is 165 Å². The van der Waals surface area contributed by atoms with Gasteiger partial charge in [-0.25, -0.2) is 0 Å². The van der Waals surface area contributed by atoms with Crippen molar-refractivity contribution < 1.29 is 0 Å². The summed E-state index contributed by atoms with van der Waals surface area (Å²) in [6, 6.07) is 8.13. The van der Waals surface area contributed by atoms with Crippen LogP contribution in [0.25, 0.3) is 28.2 Å². The summed E-state index contributed by atoms with van der Waals surface area (Å²) in [5, 5.41) is 26.1. The molecule has 4 aromatic rings. The summed E-state index contributed by atoms with van der Waals surface area (Å²) in [6.07, 6.45) is 2.02.